The van der Waals surface area contributed by atoms with Crippen molar-refractivity contribution in [3.05, 3.63) is 44.4 Å². The third-order valence-electron chi connectivity index (χ3n) is 3.26. The van der Waals surface area contributed by atoms with Crippen LogP contribution in [-0.2, 0) is 6.54 Å². The lowest BCUT2D eigenvalue weighted by molar-refractivity contribution is 0.0950. The number of thiophene rings is 1. The first-order valence-corrected chi connectivity index (χ1v) is 8.89. The van der Waals surface area contributed by atoms with Crippen LogP contribution in [0.15, 0.2) is 16.5 Å². The molecular weight excluding hydrogens is 354 g/mol. The number of hydrogen-bond donors (Lipinski definition) is 1. The van der Waals surface area contributed by atoms with Gasteiger partial charge in [0.2, 0.25) is 5.89 Å². The van der Waals surface area contributed by atoms with E-state index in [0.29, 0.717) is 20.8 Å². The Hall–Kier alpha value is -1.70. The van der Waals surface area contributed by atoms with Crippen LogP contribution in [0.3, 0.4) is 0 Å². The number of nitrogens with one attached hydrogen (secondary N) is 1. The number of halogens is 1. The smallest absolute Gasteiger partial charge is 0.263 e. The van der Waals surface area contributed by atoms with Crippen molar-refractivity contribution in [3.8, 4) is 9.88 Å². The summed E-state index contributed by atoms with van der Waals surface area (Å²) in [5, 5.41) is 3.62. The van der Waals surface area contributed by atoms with Crippen molar-refractivity contribution in [3.63, 3.8) is 0 Å². The van der Waals surface area contributed by atoms with E-state index in [-0.39, 0.29) is 12.5 Å². The van der Waals surface area contributed by atoms with Crippen LogP contribution in [0.1, 0.15) is 32.7 Å². The molecule has 0 saturated carbocycles. The van der Waals surface area contributed by atoms with Gasteiger partial charge in [-0.3, -0.25) is 4.79 Å². The summed E-state index contributed by atoms with van der Waals surface area (Å²) in [4.78, 5) is 22.6. The molecule has 0 atom stereocenters. The summed E-state index contributed by atoms with van der Waals surface area (Å²) in [6, 6.07) is 3.73. The van der Waals surface area contributed by atoms with Gasteiger partial charge in [0, 0.05) is 0 Å². The van der Waals surface area contributed by atoms with Crippen molar-refractivity contribution in [2.24, 2.45) is 0 Å². The predicted molar refractivity (Wildman–Crippen MR) is 92.3 cm³/mol. The van der Waals surface area contributed by atoms with Crippen LogP contribution >= 0.6 is 34.3 Å². The number of aryl methyl sites for hydroxylation is 3. The standard InChI is InChI=1S/C15H14ClN3O2S2/c1-7-9(3)21-12(18-7)6-17-14(20)13-8(2)19-15(23-13)10-4-5-11(16)22-10/h4-5H,6H2,1-3H3,(H,17,20). The molecule has 1 amide bonds. The molecule has 0 fully saturated rings. The highest BCUT2D eigenvalue weighted by molar-refractivity contribution is 7.24. The number of oxazole rings is 1. The molecule has 1 N–H and O–H groups in total. The van der Waals surface area contributed by atoms with Gasteiger partial charge in [0.25, 0.3) is 5.91 Å². The Kier molecular flexibility index (Phi) is 4.52. The molecule has 0 bridgehead atoms. The molecule has 8 heteroatoms. The molecule has 120 valence electrons. The number of thiazole rings is 1. The lowest BCUT2D eigenvalue weighted by atomic mass is 10.3. The molecule has 3 aromatic heterocycles. The number of hydrogen-bond acceptors (Lipinski definition) is 6. The Morgan fingerprint density at radius 3 is 2.61 bits per heavy atom. The van der Waals surface area contributed by atoms with Crippen LogP contribution in [-0.4, -0.2) is 15.9 Å². The van der Waals surface area contributed by atoms with Gasteiger partial charge in [-0.05, 0) is 32.9 Å². The first-order chi connectivity index (χ1) is 10.9. The van der Waals surface area contributed by atoms with Crippen LogP contribution in [0.2, 0.25) is 4.34 Å². The maximum Gasteiger partial charge on any atom is 0.263 e. The van der Waals surface area contributed by atoms with E-state index in [9.17, 15) is 4.79 Å². The Morgan fingerprint density at radius 2 is 2.00 bits per heavy atom. The van der Waals surface area contributed by atoms with Gasteiger partial charge in [-0.2, -0.15) is 0 Å². The molecule has 5 nitrogen and oxygen atoms in total. The van der Waals surface area contributed by atoms with E-state index in [0.717, 1.165) is 21.3 Å². The number of aromatic nitrogens is 2. The average Bonchev–Trinajstić information content (AvgIpc) is 3.17. The number of rotatable bonds is 4. The topological polar surface area (TPSA) is 68.0 Å². The molecule has 0 spiro atoms. The van der Waals surface area contributed by atoms with Crippen LogP contribution in [0.25, 0.3) is 9.88 Å². The molecule has 3 heterocycles. The highest BCUT2D eigenvalue weighted by Gasteiger charge is 2.17. The number of amides is 1. The minimum Gasteiger partial charge on any atom is -0.444 e. The molecular formula is C15H14ClN3O2S2. The summed E-state index contributed by atoms with van der Waals surface area (Å²) >= 11 is 8.75. The number of carbonyl (C=O) groups excluding carboxylic acids is 1. The second-order valence-corrected chi connectivity index (χ2v) is 7.68. The molecule has 0 aliphatic rings. The zero-order valence-electron chi connectivity index (χ0n) is 12.8. The fourth-order valence-electron chi connectivity index (χ4n) is 1.99. The maximum absolute atomic E-state index is 12.3. The van der Waals surface area contributed by atoms with Crippen LogP contribution in [0, 0.1) is 20.8 Å². The first-order valence-electron chi connectivity index (χ1n) is 6.88. The summed E-state index contributed by atoms with van der Waals surface area (Å²) in [7, 11) is 0. The number of nitrogens with zero attached hydrogens (tertiary/aromatic N) is 2. The van der Waals surface area contributed by atoms with Crippen molar-refractivity contribution < 1.29 is 9.21 Å². The van der Waals surface area contributed by atoms with Crippen molar-refractivity contribution in [2.75, 3.05) is 0 Å². The minimum atomic E-state index is -0.178. The fraction of sp³-hybridized carbons (Fsp3) is 0.267. The van der Waals surface area contributed by atoms with Gasteiger partial charge < -0.3 is 9.73 Å². The van der Waals surface area contributed by atoms with Gasteiger partial charge >= 0.3 is 0 Å². The molecule has 3 aromatic rings. The van der Waals surface area contributed by atoms with E-state index in [4.69, 9.17) is 16.0 Å². The lowest BCUT2D eigenvalue weighted by Gasteiger charge is -2.00. The third kappa shape index (κ3) is 3.46. The largest absolute Gasteiger partial charge is 0.444 e. The van der Waals surface area contributed by atoms with Gasteiger partial charge in [-0.15, -0.1) is 22.7 Å². The van der Waals surface area contributed by atoms with Gasteiger partial charge in [0.1, 0.15) is 15.6 Å². The van der Waals surface area contributed by atoms with E-state index >= 15 is 0 Å². The molecule has 0 unspecified atom stereocenters. The Labute approximate surface area is 146 Å². The van der Waals surface area contributed by atoms with E-state index in [1.165, 1.54) is 22.7 Å². The summed E-state index contributed by atoms with van der Waals surface area (Å²) < 4.78 is 6.16. The third-order valence-corrected chi connectivity index (χ3v) is 5.82. The van der Waals surface area contributed by atoms with Crippen molar-refractivity contribution in [1.29, 1.82) is 0 Å². The minimum absolute atomic E-state index is 0.178. The highest BCUT2D eigenvalue weighted by atomic mass is 35.5. The van der Waals surface area contributed by atoms with E-state index in [2.05, 4.69) is 15.3 Å². The molecule has 0 aliphatic carbocycles. The SMILES string of the molecule is Cc1nc(CNC(=O)c2sc(-c3ccc(Cl)s3)nc2C)oc1C. The van der Waals surface area contributed by atoms with E-state index < -0.39 is 0 Å². The molecule has 0 radical (unpaired) electrons. The zero-order valence-corrected chi connectivity index (χ0v) is 15.2. The van der Waals surface area contributed by atoms with Gasteiger partial charge in [-0.25, -0.2) is 9.97 Å². The Bertz CT molecular complexity index is 847. The second kappa shape index (κ2) is 6.43. The van der Waals surface area contributed by atoms with Gasteiger partial charge in [0.15, 0.2) is 0 Å². The number of carbonyl (C=O) groups is 1. The van der Waals surface area contributed by atoms with Crippen LogP contribution in [0.4, 0.5) is 0 Å². The quantitative estimate of drug-likeness (QED) is 0.743. The highest BCUT2D eigenvalue weighted by Crippen LogP contribution is 2.34. The van der Waals surface area contributed by atoms with Crippen LogP contribution < -0.4 is 5.32 Å². The van der Waals surface area contributed by atoms with Crippen molar-refractivity contribution in [1.82, 2.24) is 15.3 Å². The monoisotopic (exact) mass is 367 g/mol. The normalized spacial score (nSPS) is 11.0. The summed E-state index contributed by atoms with van der Waals surface area (Å²) in [6.07, 6.45) is 0. The van der Waals surface area contributed by atoms with Gasteiger partial charge in [0.05, 0.1) is 27.1 Å². The summed E-state index contributed by atoms with van der Waals surface area (Å²) in [5.41, 5.74) is 1.53. The van der Waals surface area contributed by atoms with Gasteiger partial charge in [-0.1, -0.05) is 11.6 Å². The Balaban J connectivity index is 1.73. The fourth-order valence-corrected chi connectivity index (χ4v) is 4.07. The molecule has 0 aliphatic heterocycles. The second-order valence-electron chi connectivity index (χ2n) is 4.97. The Morgan fingerprint density at radius 1 is 1.22 bits per heavy atom. The molecule has 0 saturated heterocycles. The molecule has 0 aromatic carbocycles. The molecule has 3 rings (SSSR count). The van der Waals surface area contributed by atoms with Crippen molar-refractivity contribution in [2.45, 2.75) is 27.3 Å². The zero-order chi connectivity index (χ0) is 16.6. The first kappa shape index (κ1) is 16.2. The van der Waals surface area contributed by atoms with E-state index in [1.807, 2.05) is 32.9 Å². The van der Waals surface area contributed by atoms with E-state index in [1.54, 1.807) is 0 Å². The predicted octanol–water partition coefficient (Wildman–Crippen LogP) is 4.37. The lowest BCUT2D eigenvalue weighted by Crippen LogP contribution is -2.22. The molecule has 23 heavy (non-hydrogen) atoms. The average molecular weight is 368 g/mol. The van der Waals surface area contributed by atoms with Crippen molar-refractivity contribution >= 4 is 40.2 Å². The summed E-state index contributed by atoms with van der Waals surface area (Å²) in [5.74, 6) is 1.09. The van der Waals surface area contributed by atoms with Crippen LogP contribution in [0.5, 0.6) is 0 Å². The summed E-state index contributed by atoms with van der Waals surface area (Å²) in [6.45, 7) is 5.80. The maximum atomic E-state index is 12.3.